The van der Waals surface area contributed by atoms with Gasteiger partial charge in [-0.15, -0.1) is 0 Å². The van der Waals surface area contributed by atoms with E-state index in [4.69, 9.17) is 16.3 Å². The highest BCUT2D eigenvalue weighted by Gasteiger charge is 2.42. The minimum atomic E-state index is -0.323. The van der Waals surface area contributed by atoms with Gasteiger partial charge in [0.15, 0.2) is 0 Å². The van der Waals surface area contributed by atoms with Crippen LogP contribution >= 0.6 is 11.6 Å². The predicted molar refractivity (Wildman–Crippen MR) is 71.9 cm³/mol. The standard InChI is InChI=1S/C15H19ClO2/c16-12-3-5-13(6-4-12)18-9-15(17)14-8-10-1-2-11(14)7-10/h3-6,10-11,14-15,17H,1-2,7-9H2. The van der Waals surface area contributed by atoms with Crippen molar-refractivity contribution in [3.05, 3.63) is 29.3 Å². The zero-order chi connectivity index (χ0) is 12.5. The van der Waals surface area contributed by atoms with E-state index in [9.17, 15) is 5.11 Å². The third-order valence-electron chi connectivity index (χ3n) is 4.52. The lowest BCUT2D eigenvalue weighted by Crippen LogP contribution is -2.31. The van der Waals surface area contributed by atoms with Crippen molar-refractivity contribution in [2.75, 3.05) is 6.61 Å². The van der Waals surface area contributed by atoms with Gasteiger partial charge in [0.2, 0.25) is 0 Å². The highest BCUT2D eigenvalue weighted by Crippen LogP contribution is 2.49. The second-order valence-corrected chi connectivity index (χ2v) is 6.11. The molecule has 2 nitrogen and oxygen atoms in total. The molecule has 2 aliphatic rings. The van der Waals surface area contributed by atoms with E-state index in [-0.39, 0.29) is 6.10 Å². The molecule has 98 valence electrons. The van der Waals surface area contributed by atoms with Crippen molar-refractivity contribution in [1.29, 1.82) is 0 Å². The van der Waals surface area contributed by atoms with Crippen molar-refractivity contribution in [3.8, 4) is 5.75 Å². The summed E-state index contributed by atoms with van der Waals surface area (Å²) in [6, 6.07) is 7.30. The van der Waals surface area contributed by atoms with Crippen molar-refractivity contribution in [2.45, 2.75) is 31.8 Å². The normalized spacial score (nSPS) is 31.6. The van der Waals surface area contributed by atoms with E-state index in [0.717, 1.165) is 17.6 Å². The number of hydrogen-bond donors (Lipinski definition) is 1. The van der Waals surface area contributed by atoms with Crippen LogP contribution in [0.5, 0.6) is 5.75 Å². The third kappa shape index (κ3) is 2.50. The number of aliphatic hydroxyl groups excluding tert-OH is 1. The molecule has 3 rings (SSSR count). The van der Waals surface area contributed by atoms with Gasteiger partial charge in [-0.1, -0.05) is 18.0 Å². The monoisotopic (exact) mass is 266 g/mol. The number of aliphatic hydroxyl groups is 1. The van der Waals surface area contributed by atoms with E-state index >= 15 is 0 Å². The van der Waals surface area contributed by atoms with E-state index in [1.165, 1.54) is 25.7 Å². The Morgan fingerprint density at radius 3 is 2.61 bits per heavy atom. The Bertz CT molecular complexity index is 403. The molecule has 1 aromatic rings. The minimum Gasteiger partial charge on any atom is -0.491 e. The average molecular weight is 267 g/mol. The summed E-state index contributed by atoms with van der Waals surface area (Å²) in [5.41, 5.74) is 0. The van der Waals surface area contributed by atoms with Crippen molar-refractivity contribution in [2.24, 2.45) is 17.8 Å². The summed E-state index contributed by atoms with van der Waals surface area (Å²) in [6.07, 6.45) is 4.86. The Labute approximate surface area is 113 Å². The van der Waals surface area contributed by atoms with Crippen LogP contribution in [0.25, 0.3) is 0 Å². The lowest BCUT2D eigenvalue weighted by Gasteiger charge is -2.26. The van der Waals surface area contributed by atoms with Crippen LogP contribution in [0.15, 0.2) is 24.3 Å². The first-order valence-corrected chi connectivity index (χ1v) is 7.16. The molecule has 4 atom stereocenters. The fourth-order valence-corrected chi connectivity index (χ4v) is 3.73. The number of halogens is 1. The molecule has 18 heavy (non-hydrogen) atoms. The van der Waals surface area contributed by atoms with Crippen LogP contribution in [0.2, 0.25) is 5.02 Å². The molecule has 0 saturated heterocycles. The molecule has 0 heterocycles. The summed E-state index contributed by atoms with van der Waals surface area (Å²) in [5, 5.41) is 10.9. The van der Waals surface area contributed by atoms with E-state index in [1.807, 2.05) is 12.1 Å². The maximum Gasteiger partial charge on any atom is 0.119 e. The highest BCUT2D eigenvalue weighted by atomic mass is 35.5. The van der Waals surface area contributed by atoms with Gasteiger partial charge >= 0.3 is 0 Å². The highest BCUT2D eigenvalue weighted by molar-refractivity contribution is 6.30. The molecular formula is C15H19ClO2. The second-order valence-electron chi connectivity index (χ2n) is 5.67. The van der Waals surface area contributed by atoms with Gasteiger partial charge in [0.25, 0.3) is 0 Å². The molecule has 0 aromatic heterocycles. The van der Waals surface area contributed by atoms with Crippen LogP contribution in [0, 0.1) is 17.8 Å². The van der Waals surface area contributed by atoms with Crippen LogP contribution in [-0.2, 0) is 0 Å². The largest absolute Gasteiger partial charge is 0.491 e. The molecule has 2 aliphatic carbocycles. The van der Waals surface area contributed by atoms with Gasteiger partial charge in [0.1, 0.15) is 12.4 Å². The molecule has 2 bridgehead atoms. The summed E-state index contributed by atoms with van der Waals surface area (Å²) in [7, 11) is 0. The SMILES string of the molecule is OC(COc1ccc(Cl)cc1)C1CC2CCC1C2. The van der Waals surface area contributed by atoms with Crippen molar-refractivity contribution in [3.63, 3.8) is 0 Å². The molecule has 1 aromatic carbocycles. The minimum absolute atomic E-state index is 0.323. The van der Waals surface area contributed by atoms with Gasteiger partial charge in [0, 0.05) is 5.02 Å². The first-order valence-electron chi connectivity index (χ1n) is 6.79. The topological polar surface area (TPSA) is 29.5 Å². The molecule has 2 saturated carbocycles. The van der Waals surface area contributed by atoms with E-state index in [1.54, 1.807) is 12.1 Å². The Morgan fingerprint density at radius 1 is 1.22 bits per heavy atom. The van der Waals surface area contributed by atoms with Gasteiger partial charge in [-0.2, -0.15) is 0 Å². The van der Waals surface area contributed by atoms with E-state index in [2.05, 4.69) is 0 Å². The van der Waals surface area contributed by atoms with Gasteiger partial charge in [-0.25, -0.2) is 0 Å². The van der Waals surface area contributed by atoms with Gasteiger partial charge in [0.05, 0.1) is 6.10 Å². The van der Waals surface area contributed by atoms with Crippen LogP contribution in [0.4, 0.5) is 0 Å². The lowest BCUT2D eigenvalue weighted by molar-refractivity contribution is 0.0336. The molecule has 4 unspecified atom stereocenters. The summed E-state index contributed by atoms with van der Waals surface area (Å²) in [4.78, 5) is 0. The Balaban J connectivity index is 1.52. The molecule has 0 aliphatic heterocycles. The smallest absolute Gasteiger partial charge is 0.119 e. The maximum absolute atomic E-state index is 10.2. The zero-order valence-electron chi connectivity index (χ0n) is 10.4. The number of ether oxygens (including phenoxy) is 1. The first kappa shape index (κ1) is 12.3. The van der Waals surface area contributed by atoms with Crippen LogP contribution in [0.1, 0.15) is 25.7 Å². The Morgan fingerprint density at radius 2 is 2.00 bits per heavy atom. The molecule has 3 heteroatoms. The predicted octanol–water partition coefficient (Wildman–Crippen LogP) is 3.52. The van der Waals surface area contributed by atoms with Crippen LogP contribution in [-0.4, -0.2) is 17.8 Å². The molecular weight excluding hydrogens is 248 g/mol. The van der Waals surface area contributed by atoms with Gasteiger partial charge < -0.3 is 9.84 Å². The molecule has 1 N–H and O–H groups in total. The second kappa shape index (κ2) is 5.10. The quantitative estimate of drug-likeness (QED) is 0.904. The summed E-state index contributed by atoms with van der Waals surface area (Å²) < 4.78 is 5.63. The number of benzene rings is 1. The number of hydrogen-bond acceptors (Lipinski definition) is 2. The van der Waals surface area contributed by atoms with Crippen LogP contribution in [0.3, 0.4) is 0 Å². The fourth-order valence-electron chi connectivity index (χ4n) is 3.60. The first-order chi connectivity index (χ1) is 8.72. The molecule has 0 amide bonds. The van der Waals surface area contributed by atoms with Crippen LogP contribution < -0.4 is 4.74 Å². The fraction of sp³-hybridized carbons (Fsp3) is 0.600. The average Bonchev–Trinajstić information content (AvgIpc) is 3.00. The number of fused-ring (bicyclic) bond motifs is 2. The molecule has 0 spiro atoms. The Hall–Kier alpha value is -0.730. The lowest BCUT2D eigenvalue weighted by atomic mass is 9.85. The molecule has 0 radical (unpaired) electrons. The summed E-state index contributed by atoms with van der Waals surface area (Å²) >= 11 is 5.82. The summed E-state index contributed by atoms with van der Waals surface area (Å²) in [5.74, 6) is 2.83. The van der Waals surface area contributed by atoms with Gasteiger partial charge in [-0.3, -0.25) is 0 Å². The number of rotatable bonds is 4. The maximum atomic E-state index is 10.2. The van der Waals surface area contributed by atoms with Crippen molar-refractivity contribution in [1.82, 2.24) is 0 Å². The third-order valence-corrected chi connectivity index (χ3v) is 4.77. The zero-order valence-corrected chi connectivity index (χ0v) is 11.1. The van der Waals surface area contributed by atoms with E-state index < -0.39 is 0 Å². The van der Waals surface area contributed by atoms with E-state index in [0.29, 0.717) is 17.5 Å². The molecule has 2 fully saturated rings. The summed E-state index contributed by atoms with van der Waals surface area (Å²) in [6.45, 7) is 0.398. The van der Waals surface area contributed by atoms with Gasteiger partial charge in [-0.05, 0) is 61.3 Å². The van der Waals surface area contributed by atoms with Crippen molar-refractivity contribution < 1.29 is 9.84 Å². The van der Waals surface area contributed by atoms with Crippen molar-refractivity contribution >= 4 is 11.6 Å². The Kier molecular flexibility index (Phi) is 3.49.